The number of allylic oxidation sites excluding steroid dienone is 2. The van der Waals surface area contributed by atoms with E-state index >= 15 is 0 Å². The van der Waals surface area contributed by atoms with Crippen LogP contribution in [0.3, 0.4) is 0 Å². The van der Waals surface area contributed by atoms with Crippen molar-refractivity contribution >= 4 is 23.4 Å². The van der Waals surface area contributed by atoms with E-state index in [1.54, 1.807) is 36.4 Å². The molecule has 0 radical (unpaired) electrons. The second kappa shape index (κ2) is 22.7. The third-order valence-corrected chi connectivity index (χ3v) is 8.64. The average Bonchev–Trinajstić information content (AvgIpc) is 3.08. The number of carbonyl (C=O) groups excluding carboxylic acids is 2. The van der Waals surface area contributed by atoms with Crippen LogP contribution in [0.15, 0.2) is 91.5 Å². The molecule has 0 N–H and O–H groups in total. The molecule has 3 heteroatoms. The molecule has 0 bridgehead atoms. The first-order valence-electron chi connectivity index (χ1n) is 17.8. The maximum absolute atomic E-state index is 12.2. The summed E-state index contributed by atoms with van der Waals surface area (Å²) in [4.78, 5) is 24.4. The van der Waals surface area contributed by atoms with Gasteiger partial charge in [0.05, 0.1) is 0 Å². The summed E-state index contributed by atoms with van der Waals surface area (Å²) in [6, 6.07) is 25.4. The zero-order valence-corrected chi connectivity index (χ0v) is 28.3. The van der Waals surface area contributed by atoms with Gasteiger partial charge in [-0.2, -0.15) is 0 Å². The van der Waals surface area contributed by atoms with E-state index in [2.05, 4.69) is 37.8 Å². The Balaban J connectivity index is 1.06. The minimum atomic E-state index is -0.177. The highest BCUT2D eigenvalue weighted by Crippen LogP contribution is 2.18. The Labute approximate surface area is 279 Å². The first kappa shape index (κ1) is 36.7. The number of carbonyl (C=O) groups is 2. The molecule has 0 aliphatic heterocycles. The quantitative estimate of drug-likeness (QED) is 0.0329. The van der Waals surface area contributed by atoms with Gasteiger partial charge in [0.25, 0.3) is 0 Å². The van der Waals surface area contributed by atoms with E-state index in [1.807, 2.05) is 30.3 Å². The summed E-state index contributed by atoms with van der Waals surface area (Å²) in [6.45, 7) is 6.08. The van der Waals surface area contributed by atoms with Crippen LogP contribution in [-0.4, -0.2) is 11.8 Å². The lowest BCUT2D eigenvalue weighted by Crippen LogP contribution is -2.07. The monoisotopic (exact) mass is 620 g/mol. The molecule has 0 fully saturated rings. The molecule has 0 aliphatic rings. The van der Waals surface area contributed by atoms with Crippen molar-refractivity contribution in [1.82, 2.24) is 0 Å². The molecule has 0 saturated heterocycles. The fourth-order valence-corrected chi connectivity index (χ4v) is 5.73. The predicted molar refractivity (Wildman–Crippen MR) is 195 cm³/mol. The van der Waals surface area contributed by atoms with Crippen molar-refractivity contribution in [3.05, 3.63) is 114 Å². The Morgan fingerprint density at radius 2 is 1.09 bits per heavy atom. The Kier molecular flexibility index (Phi) is 18.2. The summed E-state index contributed by atoms with van der Waals surface area (Å²) < 4.78 is 5.48. The van der Waals surface area contributed by atoms with E-state index in [1.165, 1.54) is 107 Å². The minimum Gasteiger partial charge on any atom is -0.427 e. The zero-order chi connectivity index (χ0) is 32.7. The molecule has 0 saturated carbocycles. The van der Waals surface area contributed by atoms with Gasteiger partial charge < -0.3 is 4.74 Å². The third kappa shape index (κ3) is 16.0. The number of unbranched alkanes of at least 4 members (excludes halogenated alkanes) is 15. The van der Waals surface area contributed by atoms with Gasteiger partial charge >= 0.3 is 5.97 Å². The van der Waals surface area contributed by atoms with Crippen molar-refractivity contribution in [2.24, 2.45) is 0 Å². The Hall–Kier alpha value is -3.72. The number of hydrogen-bond acceptors (Lipinski definition) is 3. The topological polar surface area (TPSA) is 43.4 Å². The summed E-state index contributed by atoms with van der Waals surface area (Å²) in [5.41, 5.74) is 5.39. The van der Waals surface area contributed by atoms with Crippen molar-refractivity contribution in [3.63, 3.8) is 0 Å². The van der Waals surface area contributed by atoms with Crippen molar-refractivity contribution in [3.8, 4) is 5.75 Å². The standard InChI is InChI=1S/C43H56O3/c1-36(2)39-31-26-37(27-32-39)22-18-15-13-11-9-7-5-3-4-6-8-10-12-14-16-21-25-43(45)46-41-33-28-38(29-34-41)30-35-42(44)40-23-19-17-20-24-40/h17,19-20,23-24,26-35H,1,3-16,18,21-22,25H2,2H3. The van der Waals surface area contributed by atoms with Crippen molar-refractivity contribution in [1.29, 1.82) is 0 Å². The summed E-state index contributed by atoms with van der Waals surface area (Å²) in [5, 5.41) is 0. The van der Waals surface area contributed by atoms with Crippen LogP contribution in [0.25, 0.3) is 11.6 Å². The van der Waals surface area contributed by atoms with Gasteiger partial charge in [0, 0.05) is 12.0 Å². The Bertz CT molecular complexity index is 1300. The molecule has 0 aromatic heterocycles. The highest BCUT2D eigenvalue weighted by atomic mass is 16.5. The van der Waals surface area contributed by atoms with E-state index in [0.717, 1.165) is 24.0 Å². The molecule has 0 atom stereocenters. The van der Waals surface area contributed by atoms with Gasteiger partial charge in [0.1, 0.15) is 5.75 Å². The largest absolute Gasteiger partial charge is 0.427 e. The molecule has 0 amide bonds. The lowest BCUT2D eigenvalue weighted by molar-refractivity contribution is -0.134. The maximum atomic E-state index is 12.2. The summed E-state index contributed by atoms with van der Waals surface area (Å²) in [7, 11) is 0. The molecular weight excluding hydrogens is 564 g/mol. The maximum Gasteiger partial charge on any atom is 0.311 e. The van der Waals surface area contributed by atoms with Gasteiger partial charge in [-0.25, -0.2) is 0 Å². The van der Waals surface area contributed by atoms with Crippen LogP contribution in [0.5, 0.6) is 5.75 Å². The average molecular weight is 621 g/mol. The van der Waals surface area contributed by atoms with Crippen molar-refractivity contribution in [2.75, 3.05) is 0 Å². The van der Waals surface area contributed by atoms with Gasteiger partial charge in [0.2, 0.25) is 0 Å². The first-order valence-corrected chi connectivity index (χ1v) is 17.8. The van der Waals surface area contributed by atoms with E-state index in [4.69, 9.17) is 4.74 Å². The lowest BCUT2D eigenvalue weighted by Gasteiger charge is -2.06. The number of aryl methyl sites for hydroxylation is 1. The molecule has 0 heterocycles. The molecule has 46 heavy (non-hydrogen) atoms. The number of ketones is 1. The van der Waals surface area contributed by atoms with Gasteiger partial charge in [-0.15, -0.1) is 0 Å². The predicted octanol–water partition coefficient (Wildman–Crippen LogP) is 12.4. The van der Waals surface area contributed by atoms with Crippen LogP contribution in [0.1, 0.15) is 143 Å². The number of ether oxygens (including phenoxy) is 1. The van der Waals surface area contributed by atoms with Crippen LogP contribution in [0.4, 0.5) is 0 Å². The zero-order valence-electron chi connectivity index (χ0n) is 28.3. The Morgan fingerprint density at radius 3 is 1.61 bits per heavy atom. The third-order valence-electron chi connectivity index (χ3n) is 8.64. The van der Waals surface area contributed by atoms with Crippen LogP contribution in [0.2, 0.25) is 0 Å². The van der Waals surface area contributed by atoms with E-state index < -0.39 is 0 Å². The molecule has 0 unspecified atom stereocenters. The van der Waals surface area contributed by atoms with E-state index in [-0.39, 0.29) is 11.8 Å². The summed E-state index contributed by atoms with van der Waals surface area (Å²) in [6.07, 6.45) is 25.8. The van der Waals surface area contributed by atoms with Crippen molar-refractivity contribution < 1.29 is 14.3 Å². The smallest absolute Gasteiger partial charge is 0.311 e. The Morgan fingerprint density at radius 1 is 0.587 bits per heavy atom. The van der Waals surface area contributed by atoms with Gasteiger partial charge in [-0.3, -0.25) is 9.59 Å². The molecule has 0 aliphatic carbocycles. The van der Waals surface area contributed by atoms with Crippen LogP contribution >= 0.6 is 0 Å². The number of benzene rings is 3. The lowest BCUT2D eigenvalue weighted by atomic mass is 10.0. The minimum absolute atomic E-state index is 0.0349. The second-order valence-corrected chi connectivity index (χ2v) is 12.7. The fourth-order valence-electron chi connectivity index (χ4n) is 5.73. The number of rotatable bonds is 24. The van der Waals surface area contributed by atoms with Gasteiger partial charge in [0.15, 0.2) is 5.78 Å². The molecule has 0 spiro atoms. The molecule has 3 aromatic rings. The van der Waals surface area contributed by atoms with Gasteiger partial charge in [-0.05, 0) is 61.1 Å². The summed E-state index contributed by atoms with van der Waals surface area (Å²) in [5.74, 6) is 0.333. The normalized spacial score (nSPS) is 11.2. The molecule has 3 nitrogen and oxygen atoms in total. The second-order valence-electron chi connectivity index (χ2n) is 12.7. The van der Waals surface area contributed by atoms with Crippen molar-refractivity contribution in [2.45, 2.75) is 122 Å². The SMILES string of the molecule is C=C(C)c1ccc(CCCCCCCCCCCCCCCCCCC(=O)Oc2ccc(C=CC(=O)c3ccccc3)cc2)cc1. The van der Waals surface area contributed by atoms with E-state index in [0.29, 0.717) is 17.7 Å². The van der Waals surface area contributed by atoms with Crippen LogP contribution in [-0.2, 0) is 11.2 Å². The summed E-state index contributed by atoms with van der Waals surface area (Å²) >= 11 is 0. The number of hydrogen-bond donors (Lipinski definition) is 0. The molecule has 246 valence electrons. The van der Waals surface area contributed by atoms with E-state index in [9.17, 15) is 9.59 Å². The molecule has 3 aromatic carbocycles. The molecule has 3 rings (SSSR count). The van der Waals surface area contributed by atoms with Crippen LogP contribution < -0.4 is 4.74 Å². The van der Waals surface area contributed by atoms with Crippen LogP contribution in [0, 0.1) is 0 Å². The molecular formula is C43H56O3. The fraction of sp³-hybridized carbons (Fsp3) is 0.442. The first-order chi connectivity index (χ1) is 22.5. The highest BCUT2D eigenvalue weighted by Gasteiger charge is 2.05. The van der Waals surface area contributed by atoms with Gasteiger partial charge in [-0.1, -0.05) is 175 Å². The number of esters is 1. The highest BCUT2D eigenvalue weighted by molar-refractivity contribution is 6.06.